The summed E-state index contributed by atoms with van der Waals surface area (Å²) < 4.78 is 5.71. The summed E-state index contributed by atoms with van der Waals surface area (Å²) in [6.45, 7) is 6.27. The van der Waals surface area contributed by atoms with Crippen LogP contribution in [0.15, 0.2) is 36.4 Å². The summed E-state index contributed by atoms with van der Waals surface area (Å²) >= 11 is 0. The summed E-state index contributed by atoms with van der Waals surface area (Å²) in [5.74, 6) is 0.241. The maximum Gasteiger partial charge on any atom is 0.339 e. The van der Waals surface area contributed by atoms with Gasteiger partial charge in [0.15, 0.2) is 0 Å². The van der Waals surface area contributed by atoms with Crippen molar-refractivity contribution in [1.29, 1.82) is 0 Å². The maximum absolute atomic E-state index is 11.2. The SMILES string of the molecule is Cc1cc(Oc2cc(N)ccc2C(=O)O)ccc1C(C)C. The van der Waals surface area contributed by atoms with Crippen LogP contribution in [0, 0.1) is 6.92 Å². The molecule has 0 aliphatic heterocycles. The zero-order chi connectivity index (χ0) is 15.6. The smallest absolute Gasteiger partial charge is 0.339 e. The number of carbonyl (C=O) groups is 1. The molecule has 3 N–H and O–H groups in total. The Morgan fingerprint density at radius 1 is 1.19 bits per heavy atom. The van der Waals surface area contributed by atoms with Gasteiger partial charge >= 0.3 is 5.97 Å². The van der Waals surface area contributed by atoms with Gasteiger partial charge in [0.2, 0.25) is 0 Å². The van der Waals surface area contributed by atoms with Gasteiger partial charge in [0.05, 0.1) is 0 Å². The Hall–Kier alpha value is -2.49. The lowest BCUT2D eigenvalue weighted by atomic mass is 9.98. The lowest BCUT2D eigenvalue weighted by Gasteiger charge is -2.13. The lowest BCUT2D eigenvalue weighted by Crippen LogP contribution is -2.01. The van der Waals surface area contributed by atoms with Gasteiger partial charge in [-0.15, -0.1) is 0 Å². The third-order valence-electron chi connectivity index (χ3n) is 3.33. The molecule has 0 atom stereocenters. The Morgan fingerprint density at radius 2 is 1.90 bits per heavy atom. The van der Waals surface area contributed by atoms with Crippen molar-refractivity contribution in [1.82, 2.24) is 0 Å². The van der Waals surface area contributed by atoms with Gasteiger partial charge in [-0.1, -0.05) is 19.9 Å². The molecular weight excluding hydrogens is 266 g/mol. The second kappa shape index (κ2) is 5.87. The van der Waals surface area contributed by atoms with E-state index in [4.69, 9.17) is 10.5 Å². The van der Waals surface area contributed by atoms with E-state index < -0.39 is 5.97 Å². The van der Waals surface area contributed by atoms with Crippen molar-refractivity contribution in [2.24, 2.45) is 0 Å². The first kappa shape index (κ1) is 14.9. The Labute approximate surface area is 124 Å². The number of nitrogens with two attached hydrogens (primary N) is 1. The maximum atomic E-state index is 11.2. The van der Waals surface area contributed by atoms with Crippen LogP contribution < -0.4 is 10.5 Å². The molecule has 2 aromatic carbocycles. The fourth-order valence-corrected chi connectivity index (χ4v) is 2.29. The zero-order valence-corrected chi connectivity index (χ0v) is 12.4. The number of hydrogen-bond acceptors (Lipinski definition) is 3. The molecule has 0 unspecified atom stereocenters. The van der Waals surface area contributed by atoms with E-state index in [2.05, 4.69) is 13.8 Å². The Bertz CT molecular complexity index is 678. The normalized spacial score (nSPS) is 10.7. The number of aryl methyl sites for hydroxylation is 1. The van der Waals surface area contributed by atoms with Crippen LogP contribution in [-0.4, -0.2) is 11.1 Å². The van der Waals surface area contributed by atoms with Gasteiger partial charge in [0, 0.05) is 11.8 Å². The number of rotatable bonds is 4. The van der Waals surface area contributed by atoms with Crippen LogP contribution >= 0.6 is 0 Å². The monoisotopic (exact) mass is 285 g/mol. The van der Waals surface area contributed by atoms with E-state index in [1.807, 2.05) is 25.1 Å². The first-order valence-electron chi connectivity index (χ1n) is 6.79. The van der Waals surface area contributed by atoms with Crippen molar-refractivity contribution in [3.63, 3.8) is 0 Å². The van der Waals surface area contributed by atoms with Crippen LogP contribution in [0.4, 0.5) is 5.69 Å². The molecule has 0 aliphatic carbocycles. The van der Waals surface area contributed by atoms with E-state index in [0.29, 0.717) is 17.4 Å². The average molecular weight is 285 g/mol. The Balaban J connectivity index is 2.36. The van der Waals surface area contributed by atoms with E-state index >= 15 is 0 Å². The largest absolute Gasteiger partial charge is 0.478 e. The van der Waals surface area contributed by atoms with Crippen LogP contribution in [0.25, 0.3) is 0 Å². The van der Waals surface area contributed by atoms with Crippen LogP contribution in [0.5, 0.6) is 11.5 Å². The van der Waals surface area contributed by atoms with E-state index in [0.717, 1.165) is 5.56 Å². The molecule has 0 amide bonds. The van der Waals surface area contributed by atoms with E-state index in [1.54, 1.807) is 6.07 Å². The second-order valence-electron chi connectivity index (χ2n) is 5.34. The predicted octanol–water partition coefficient (Wildman–Crippen LogP) is 4.19. The average Bonchev–Trinajstić information content (AvgIpc) is 2.37. The first-order chi connectivity index (χ1) is 9.88. The molecule has 21 heavy (non-hydrogen) atoms. The van der Waals surface area contributed by atoms with Gasteiger partial charge in [0.1, 0.15) is 17.1 Å². The van der Waals surface area contributed by atoms with Crippen LogP contribution in [-0.2, 0) is 0 Å². The molecule has 0 saturated carbocycles. The lowest BCUT2D eigenvalue weighted by molar-refractivity contribution is 0.0694. The molecule has 0 radical (unpaired) electrons. The van der Waals surface area contributed by atoms with Crippen LogP contribution in [0.3, 0.4) is 0 Å². The molecule has 0 saturated heterocycles. The van der Waals surface area contributed by atoms with Gasteiger partial charge in [-0.3, -0.25) is 0 Å². The van der Waals surface area contributed by atoms with Crippen molar-refractivity contribution in [3.8, 4) is 11.5 Å². The van der Waals surface area contributed by atoms with Crippen molar-refractivity contribution >= 4 is 11.7 Å². The van der Waals surface area contributed by atoms with Gasteiger partial charge < -0.3 is 15.6 Å². The summed E-state index contributed by atoms with van der Waals surface area (Å²) in [5.41, 5.74) is 8.62. The fraction of sp³-hybridized carbons (Fsp3) is 0.235. The van der Waals surface area contributed by atoms with Gasteiger partial charge in [-0.25, -0.2) is 4.79 Å². The number of benzene rings is 2. The summed E-state index contributed by atoms with van der Waals surface area (Å²) in [7, 11) is 0. The second-order valence-corrected chi connectivity index (χ2v) is 5.34. The first-order valence-corrected chi connectivity index (χ1v) is 6.79. The quantitative estimate of drug-likeness (QED) is 0.826. The summed E-state index contributed by atoms with van der Waals surface area (Å²) in [5, 5.41) is 9.19. The molecule has 2 aromatic rings. The van der Waals surface area contributed by atoms with Crippen LogP contribution in [0.1, 0.15) is 41.3 Å². The predicted molar refractivity (Wildman–Crippen MR) is 83.2 cm³/mol. The molecule has 0 fully saturated rings. The zero-order valence-electron chi connectivity index (χ0n) is 12.4. The van der Waals surface area contributed by atoms with E-state index in [-0.39, 0.29) is 11.3 Å². The molecule has 0 heterocycles. The molecule has 110 valence electrons. The number of anilines is 1. The number of aromatic carboxylic acids is 1. The summed E-state index contributed by atoms with van der Waals surface area (Å²) in [6.07, 6.45) is 0. The minimum atomic E-state index is -1.04. The summed E-state index contributed by atoms with van der Waals surface area (Å²) in [6, 6.07) is 10.3. The molecule has 0 aromatic heterocycles. The Morgan fingerprint density at radius 3 is 2.48 bits per heavy atom. The Kier molecular flexibility index (Phi) is 4.17. The number of hydrogen-bond donors (Lipinski definition) is 2. The van der Waals surface area contributed by atoms with Crippen molar-refractivity contribution in [2.45, 2.75) is 26.7 Å². The molecule has 4 heteroatoms. The molecule has 4 nitrogen and oxygen atoms in total. The highest BCUT2D eigenvalue weighted by Gasteiger charge is 2.13. The number of ether oxygens (including phenoxy) is 1. The topological polar surface area (TPSA) is 72.5 Å². The molecule has 2 rings (SSSR count). The molecule has 0 aliphatic rings. The number of carboxylic acids is 1. The molecule has 0 spiro atoms. The van der Waals surface area contributed by atoms with Crippen molar-refractivity contribution < 1.29 is 14.6 Å². The van der Waals surface area contributed by atoms with Crippen LogP contribution in [0.2, 0.25) is 0 Å². The van der Waals surface area contributed by atoms with Gasteiger partial charge in [0.25, 0.3) is 0 Å². The van der Waals surface area contributed by atoms with Crippen molar-refractivity contribution in [2.75, 3.05) is 5.73 Å². The van der Waals surface area contributed by atoms with Gasteiger partial charge in [-0.05, 0) is 48.2 Å². The minimum absolute atomic E-state index is 0.0924. The van der Waals surface area contributed by atoms with Gasteiger partial charge in [-0.2, -0.15) is 0 Å². The van der Waals surface area contributed by atoms with E-state index in [1.165, 1.54) is 17.7 Å². The highest BCUT2D eigenvalue weighted by Crippen LogP contribution is 2.30. The highest BCUT2D eigenvalue weighted by atomic mass is 16.5. The fourth-order valence-electron chi connectivity index (χ4n) is 2.29. The summed E-state index contributed by atoms with van der Waals surface area (Å²) in [4.78, 5) is 11.2. The molecular formula is C17H19NO3. The third-order valence-corrected chi connectivity index (χ3v) is 3.33. The highest BCUT2D eigenvalue weighted by molar-refractivity contribution is 5.91. The number of nitrogen functional groups attached to an aromatic ring is 1. The number of carboxylic acid groups (broad SMARTS) is 1. The molecule has 0 bridgehead atoms. The van der Waals surface area contributed by atoms with Crippen molar-refractivity contribution in [3.05, 3.63) is 53.1 Å². The standard InChI is InChI=1S/C17H19NO3/c1-10(2)14-7-5-13(8-11(14)3)21-16-9-12(18)4-6-15(16)17(19)20/h4-10H,18H2,1-3H3,(H,19,20). The van der Waals surface area contributed by atoms with E-state index in [9.17, 15) is 9.90 Å². The third kappa shape index (κ3) is 3.34. The minimum Gasteiger partial charge on any atom is -0.478 e.